The van der Waals surface area contributed by atoms with Crippen molar-refractivity contribution in [2.24, 2.45) is 0 Å². The number of nitrogens with one attached hydrogen (secondary N) is 2. The summed E-state index contributed by atoms with van der Waals surface area (Å²) in [5, 5.41) is 3.29. The van der Waals surface area contributed by atoms with E-state index >= 15 is 0 Å². The van der Waals surface area contributed by atoms with E-state index in [4.69, 9.17) is 4.42 Å². The Hall–Kier alpha value is -1.77. The molecule has 2 aromatic rings. The second-order valence-electron chi connectivity index (χ2n) is 3.16. The molecule has 0 saturated heterocycles. The van der Waals surface area contributed by atoms with Crippen LogP contribution in [0.5, 0.6) is 0 Å². The molecule has 2 N–H and O–H groups in total. The van der Waals surface area contributed by atoms with Crippen LogP contribution >= 0.6 is 0 Å². The molecule has 0 bridgehead atoms. The maximum Gasteiger partial charge on any atom is 0.272 e. The van der Waals surface area contributed by atoms with Gasteiger partial charge in [-0.1, -0.05) is 6.07 Å². The van der Waals surface area contributed by atoms with E-state index in [9.17, 15) is 0 Å². The fraction of sp³-hybridized carbons (Fsp3) is 0.182. The minimum atomic E-state index is 0.170. The molecule has 0 spiro atoms. The third-order valence-electron chi connectivity index (χ3n) is 2.05. The molecule has 0 aliphatic carbocycles. The Morgan fingerprint density at radius 3 is 2.86 bits per heavy atom. The maximum atomic E-state index is 5.29. The van der Waals surface area contributed by atoms with Crippen LogP contribution in [-0.2, 0) is 0 Å². The fourth-order valence-corrected chi connectivity index (χ4v) is 1.33. The Morgan fingerprint density at radius 1 is 1.29 bits per heavy atom. The van der Waals surface area contributed by atoms with Gasteiger partial charge in [0.1, 0.15) is 11.8 Å². The summed E-state index contributed by atoms with van der Waals surface area (Å²) in [6, 6.07) is 9.93. The van der Waals surface area contributed by atoms with Crippen molar-refractivity contribution >= 4 is 5.82 Å². The van der Waals surface area contributed by atoms with Crippen LogP contribution in [0.3, 0.4) is 0 Å². The molecule has 0 unspecified atom stereocenters. The molecule has 0 aromatic carbocycles. The molecule has 0 saturated carbocycles. The summed E-state index contributed by atoms with van der Waals surface area (Å²) in [6.45, 7) is 2.06. The second kappa shape index (κ2) is 3.96. The number of anilines is 1. The smallest absolute Gasteiger partial charge is 0.272 e. The number of hydrogen-bond acceptors (Lipinski definition) is 2. The van der Waals surface area contributed by atoms with E-state index in [2.05, 4.69) is 17.2 Å². The van der Waals surface area contributed by atoms with Gasteiger partial charge in [0.05, 0.1) is 12.5 Å². The highest BCUT2D eigenvalue weighted by Crippen LogP contribution is 2.16. The highest BCUT2D eigenvalue weighted by molar-refractivity contribution is 5.30. The van der Waals surface area contributed by atoms with Gasteiger partial charge in [-0.05, 0) is 25.1 Å². The average Bonchev–Trinajstić information content (AvgIpc) is 2.72. The lowest BCUT2D eigenvalue weighted by molar-refractivity contribution is -0.361. The van der Waals surface area contributed by atoms with Crippen LogP contribution in [0.1, 0.15) is 18.7 Å². The molecule has 0 radical (unpaired) electrons. The van der Waals surface area contributed by atoms with Gasteiger partial charge < -0.3 is 4.42 Å². The summed E-state index contributed by atoms with van der Waals surface area (Å²) in [5.41, 5.74) is 0. The van der Waals surface area contributed by atoms with Gasteiger partial charge in [0.25, 0.3) is 5.82 Å². The lowest BCUT2D eigenvalue weighted by Gasteiger charge is -2.04. The molecule has 0 amide bonds. The minimum absolute atomic E-state index is 0.170. The van der Waals surface area contributed by atoms with Crippen molar-refractivity contribution in [1.82, 2.24) is 0 Å². The van der Waals surface area contributed by atoms with E-state index < -0.39 is 0 Å². The maximum absolute atomic E-state index is 5.29. The van der Waals surface area contributed by atoms with Gasteiger partial charge in [-0.15, -0.1) is 0 Å². The third-order valence-corrected chi connectivity index (χ3v) is 2.05. The molecule has 2 heterocycles. The van der Waals surface area contributed by atoms with Crippen LogP contribution in [0.25, 0.3) is 0 Å². The highest BCUT2D eigenvalue weighted by Gasteiger charge is 2.12. The van der Waals surface area contributed by atoms with Gasteiger partial charge in [0.2, 0.25) is 0 Å². The number of aromatic amines is 1. The summed E-state index contributed by atoms with van der Waals surface area (Å²) in [7, 11) is 0. The standard InChI is InChI=1S/C11H12N2O/c1-9(10-5-4-8-14-10)13-11-6-2-3-7-12-11/h2-9H,1H3,(H,12,13)/p+1/t9-/m1/s1. The van der Waals surface area contributed by atoms with E-state index in [1.165, 1.54) is 0 Å². The summed E-state index contributed by atoms with van der Waals surface area (Å²) in [4.78, 5) is 3.11. The lowest BCUT2D eigenvalue weighted by atomic mass is 10.2. The first-order valence-electron chi connectivity index (χ1n) is 4.63. The molecule has 1 atom stereocenters. The predicted octanol–water partition coefficient (Wildman–Crippen LogP) is 2.27. The Labute approximate surface area is 82.8 Å². The largest absolute Gasteiger partial charge is 0.465 e. The van der Waals surface area contributed by atoms with Crippen LogP contribution in [0.2, 0.25) is 0 Å². The van der Waals surface area contributed by atoms with Crippen molar-refractivity contribution < 1.29 is 9.40 Å². The van der Waals surface area contributed by atoms with Gasteiger partial charge in [-0.3, -0.25) is 5.32 Å². The number of H-pyrrole nitrogens is 1. The number of rotatable bonds is 3. The van der Waals surface area contributed by atoms with Gasteiger partial charge in [-0.2, -0.15) is 0 Å². The Bertz CT molecular complexity index is 369. The van der Waals surface area contributed by atoms with Crippen LogP contribution in [0, 0.1) is 0 Å². The van der Waals surface area contributed by atoms with Crippen molar-refractivity contribution in [2.75, 3.05) is 5.32 Å². The van der Waals surface area contributed by atoms with E-state index in [-0.39, 0.29) is 6.04 Å². The van der Waals surface area contributed by atoms with Gasteiger partial charge in [0.15, 0.2) is 0 Å². The summed E-state index contributed by atoms with van der Waals surface area (Å²) in [5.74, 6) is 1.92. The average molecular weight is 189 g/mol. The van der Waals surface area contributed by atoms with E-state index in [1.807, 2.05) is 36.5 Å². The van der Waals surface area contributed by atoms with E-state index in [0.717, 1.165) is 11.6 Å². The number of aromatic nitrogens is 1. The molecule has 3 nitrogen and oxygen atoms in total. The fourth-order valence-electron chi connectivity index (χ4n) is 1.33. The van der Waals surface area contributed by atoms with Crippen molar-refractivity contribution in [3.8, 4) is 0 Å². The molecule has 2 aromatic heterocycles. The van der Waals surface area contributed by atoms with E-state index in [0.29, 0.717) is 0 Å². The third kappa shape index (κ3) is 1.93. The van der Waals surface area contributed by atoms with Gasteiger partial charge in [0, 0.05) is 6.07 Å². The normalized spacial score (nSPS) is 12.4. The summed E-state index contributed by atoms with van der Waals surface area (Å²) in [6.07, 6.45) is 3.57. The molecule has 0 aliphatic heterocycles. The zero-order chi connectivity index (χ0) is 9.80. The van der Waals surface area contributed by atoms with Crippen molar-refractivity contribution in [1.29, 1.82) is 0 Å². The van der Waals surface area contributed by atoms with E-state index in [1.54, 1.807) is 6.26 Å². The predicted molar refractivity (Wildman–Crippen MR) is 53.7 cm³/mol. The molecular weight excluding hydrogens is 176 g/mol. The van der Waals surface area contributed by atoms with Crippen LogP contribution in [-0.4, -0.2) is 0 Å². The lowest BCUT2D eigenvalue weighted by Crippen LogP contribution is -2.14. The Morgan fingerprint density at radius 2 is 2.21 bits per heavy atom. The summed E-state index contributed by atoms with van der Waals surface area (Å²) < 4.78 is 5.29. The first-order valence-corrected chi connectivity index (χ1v) is 4.63. The molecule has 0 aliphatic rings. The molecule has 2 rings (SSSR count). The van der Waals surface area contributed by atoms with Crippen molar-refractivity contribution in [2.45, 2.75) is 13.0 Å². The number of furan rings is 1. The first-order chi connectivity index (χ1) is 6.86. The zero-order valence-electron chi connectivity index (χ0n) is 8.03. The molecular formula is C11H13N2O+. The first kappa shape index (κ1) is 8.81. The zero-order valence-corrected chi connectivity index (χ0v) is 8.03. The monoisotopic (exact) mass is 189 g/mol. The molecule has 3 heteroatoms. The Kier molecular flexibility index (Phi) is 2.49. The SMILES string of the molecule is C[C@@H](Nc1cccc[nH+]1)c1ccco1. The highest BCUT2D eigenvalue weighted by atomic mass is 16.3. The molecule has 72 valence electrons. The van der Waals surface area contributed by atoms with Gasteiger partial charge in [-0.25, -0.2) is 4.98 Å². The minimum Gasteiger partial charge on any atom is -0.465 e. The van der Waals surface area contributed by atoms with Crippen molar-refractivity contribution in [3.63, 3.8) is 0 Å². The number of pyridine rings is 1. The molecule has 0 fully saturated rings. The van der Waals surface area contributed by atoms with Crippen LogP contribution < -0.4 is 10.3 Å². The topological polar surface area (TPSA) is 39.3 Å². The van der Waals surface area contributed by atoms with Crippen LogP contribution in [0.15, 0.2) is 47.2 Å². The number of hydrogen-bond donors (Lipinski definition) is 1. The second-order valence-corrected chi connectivity index (χ2v) is 3.16. The quantitative estimate of drug-likeness (QED) is 0.804. The van der Waals surface area contributed by atoms with Crippen molar-refractivity contribution in [3.05, 3.63) is 48.6 Å². The summed E-state index contributed by atoms with van der Waals surface area (Å²) >= 11 is 0. The van der Waals surface area contributed by atoms with Gasteiger partial charge >= 0.3 is 0 Å². The van der Waals surface area contributed by atoms with Crippen LogP contribution in [0.4, 0.5) is 5.82 Å². The Balaban J connectivity index is 2.06. The molecule has 14 heavy (non-hydrogen) atoms.